The van der Waals surface area contributed by atoms with Crippen molar-refractivity contribution in [3.8, 4) is 12.3 Å². The van der Waals surface area contributed by atoms with Crippen molar-refractivity contribution >= 4 is 21.8 Å². The highest BCUT2D eigenvalue weighted by atomic mass is 79.9. The van der Waals surface area contributed by atoms with Gasteiger partial charge in [-0.1, -0.05) is 34.0 Å². The third-order valence-electron chi connectivity index (χ3n) is 2.78. The predicted octanol–water partition coefficient (Wildman–Crippen LogP) is 2.39. The number of terminal acetylenes is 1. The van der Waals surface area contributed by atoms with Gasteiger partial charge in [-0.05, 0) is 30.5 Å². The summed E-state index contributed by atoms with van der Waals surface area (Å²) in [6.07, 6.45) is 6.51. The Balaban J connectivity index is 2.68. The van der Waals surface area contributed by atoms with E-state index in [9.17, 15) is 4.79 Å². The standard InChI is InChI=1S/C15H18BrNO2/c1-3-8-17-15(18)13(7-9-19-2)10-12-5-4-6-14(16)11-12/h1,4-6,11,13H,7-10H2,2H3,(H,17,18)/t13-/m1/s1. The predicted molar refractivity (Wildman–Crippen MR) is 79.7 cm³/mol. The van der Waals surface area contributed by atoms with Crippen LogP contribution in [0.4, 0.5) is 0 Å². The van der Waals surface area contributed by atoms with Crippen LogP contribution in [0.3, 0.4) is 0 Å². The molecule has 0 fully saturated rings. The quantitative estimate of drug-likeness (QED) is 0.782. The number of nitrogens with one attached hydrogen (secondary N) is 1. The summed E-state index contributed by atoms with van der Waals surface area (Å²) in [6.45, 7) is 0.822. The summed E-state index contributed by atoms with van der Waals surface area (Å²) in [5.41, 5.74) is 1.12. The Kier molecular flexibility index (Phi) is 7.24. The molecule has 19 heavy (non-hydrogen) atoms. The van der Waals surface area contributed by atoms with Crippen LogP contribution in [0.2, 0.25) is 0 Å². The van der Waals surface area contributed by atoms with E-state index < -0.39 is 0 Å². The normalized spacial score (nSPS) is 11.6. The molecule has 1 aromatic rings. The van der Waals surface area contributed by atoms with Gasteiger partial charge in [0.2, 0.25) is 5.91 Å². The van der Waals surface area contributed by atoms with Gasteiger partial charge >= 0.3 is 0 Å². The van der Waals surface area contributed by atoms with Gasteiger partial charge in [0, 0.05) is 24.1 Å². The highest BCUT2D eigenvalue weighted by Gasteiger charge is 2.18. The van der Waals surface area contributed by atoms with Gasteiger partial charge in [-0.3, -0.25) is 4.79 Å². The highest BCUT2D eigenvalue weighted by Crippen LogP contribution is 2.17. The Labute approximate surface area is 122 Å². The Morgan fingerprint density at radius 2 is 2.37 bits per heavy atom. The fourth-order valence-electron chi connectivity index (χ4n) is 1.82. The second kappa shape index (κ2) is 8.73. The fraction of sp³-hybridized carbons (Fsp3) is 0.400. The molecule has 0 heterocycles. The van der Waals surface area contributed by atoms with Gasteiger partial charge < -0.3 is 10.1 Å². The summed E-state index contributed by atoms with van der Waals surface area (Å²) in [7, 11) is 1.63. The average Bonchev–Trinajstić information content (AvgIpc) is 2.40. The second-order valence-electron chi connectivity index (χ2n) is 4.23. The van der Waals surface area contributed by atoms with Crippen molar-refractivity contribution in [1.82, 2.24) is 5.32 Å². The van der Waals surface area contributed by atoms with Gasteiger partial charge in [0.1, 0.15) is 0 Å². The number of amides is 1. The van der Waals surface area contributed by atoms with Crippen LogP contribution in [0.25, 0.3) is 0 Å². The van der Waals surface area contributed by atoms with E-state index in [0.717, 1.165) is 10.0 Å². The Bertz CT molecular complexity index is 454. The smallest absolute Gasteiger partial charge is 0.224 e. The zero-order valence-electron chi connectivity index (χ0n) is 11.0. The molecule has 0 radical (unpaired) electrons. The van der Waals surface area contributed by atoms with E-state index in [1.165, 1.54) is 0 Å². The number of halogens is 1. The maximum Gasteiger partial charge on any atom is 0.224 e. The first-order valence-corrected chi connectivity index (χ1v) is 6.91. The number of hydrogen-bond donors (Lipinski definition) is 1. The lowest BCUT2D eigenvalue weighted by molar-refractivity contribution is -0.125. The summed E-state index contributed by atoms with van der Waals surface area (Å²) in [5, 5.41) is 2.73. The molecule has 1 aromatic carbocycles. The number of carbonyl (C=O) groups excluding carboxylic acids is 1. The molecule has 102 valence electrons. The molecule has 0 saturated carbocycles. The number of benzene rings is 1. The lowest BCUT2D eigenvalue weighted by Gasteiger charge is -2.16. The van der Waals surface area contributed by atoms with E-state index >= 15 is 0 Å². The Morgan fingerprint density at radius 3 is 3.00 bits per heavy atom. The maximum absolute atomic E-state index is 12.0. The minimum absolute atomic E-state index is 0.0185. The minimum atomic E-state index is -0.123. The van der Waals surface area contributed by atoms with Gasteiger partial charge in [-0.25, -0.2) is 0 Å². The van der Waals surface area contributed by atoms with E-state index in [-0.39, 0.29) is 18.4 Å². The zero-order chi connectivity index (χ0) is 14.1. The molecule has 0 aliphatic carbocycles. The Morgan fingerprint density at radius 1 is 1.58 bits per heavy atom. The summed E-state index contributed by atoms with van der Waals surface area (Å²) in [4.78, 5) is 12.0. The minimum Gasteiger partial charge on any atom is -0.385 e. The van der Waals surface area contributed by atoms with Crippen LogP contribution >= 0.6 is 15.9 Å². The van der Waals surface area contributed by atoms with Crippen molar-refractivity contribution in [2.24, 2.45) is 5.92 Å². The van der Waals surface area contributed by atoms with Crippen molar-refractivity contribution < 1.29 is 9.53 Å². The van der Waals surface area contributed by atoms with Crippen LogP contribution in [-0.2, 0) is 16.0 Å². The summed E-state index contributed by atoms with van der Waals surface area (Å²) >= 11 is 3.43. The van der Waals surface area contributed by atoms with E-state index in [2.05, 4.69) is 27.2 Å². The third kappa shape index (κ3) is 5.91. The number of hydrogen-bond acceptors (Lipinski definition) is 2. The summed E-state index contributed by atoms with van der Waals surface area (Å²) in [5.74, 6) is 2.27. The van der Waals surface area contributed by atoms with Gasteiger partial charge in [0.05, 0.1) is 6.54 Å². The molecular weight excluding hydrogens is 306 g/mol. The van der Waals surface area contributed by atoms with E-state index in [0.29, 0.717) is 19.4 Å². The molecule has 0 aromatic heterocycles. The largest absolute Gasteiger partial charge is 0.385 e. The molecule has 1 amide bonds. The van der Waals surface area contributed by atoms with Gasteiger partial charge in [-0.15, -0.1) is 6.42 Å². The molecule has 0 saturated heterocycles. The highest BCUT2D eigenvalue weighted by molar-refractivity contribution is 9.10. The molecule has 0 spiro atoms. The monoisotopic (exact) mass is 323 g/mol. The van der Waals surface area contributed by atoms with Crippen molar-refractivity contribution in [1.29, 1.82) is 0 Å². The maximum atomic E-state index is 12.0. The number of methoxy groups -OCH3 is 1. The molecule has 0 bridgehead atoms. The molecule has 3 nitrogen and oxygen atoms in total. The first-order valence-electron chi connectivity index (χ1n) is 6.12. The first-order chi connectivity index (χ1) is 9.17. The third-order valence-corrected chi connectivity index (χ3v) is 3.27. The van der Waals surface area contributed by atoms with Gasteiger partial charge in [0.15, 0.2) is 0 Å². The molecule has 0 aliphatic heterocycles. The fourth-order valence-corrected chi connectivity index (χ4v) is 2.26. The van der Waals surface area contributed by atoms with Crippen molar-refractivity contribution in [3.63, 3.8) is 0 Å². The lowest BCUT2D eigenvalue weighted by atomic mass is 9.95. The van der Waals surface area contributed by atoms with Crippen molar-refractivity contribution in [2.75, 3.05) is 20.3 Å². The molecule has 1 rings (SSSR count). The molecule has 4 heteroatoms. The van der Waals surface area contributed by atoms with Crippen LogP contribution in [0.5, 0.6) is 0 Å². The van der Waals surface area contributed by atoms with E-state index in [1.807, 2.05) is 24.3 Å². The SMILES string of the molecule is C#CCNC(=O)[C@H](CCOC)Cc1cccc(Br)c1. The van der Waals surface area contributed by atoms with Crippen molar-refractivity contribution in [2.45, 2.75) is 12.8 Å². The number of ether oxygens (including phenoxy) is 1. The second-order valence-corrected chi connectivity index (χ2v) is 5.15. The topological polar surface area (TPSA) is 38.3 Å². The molecule has 1 atom stereocenters. The Hall–Kier alpha value is -1.31. The van der Waals surface area contributed by atoms with E-state index in [4.69, 9.17) is 11.2 Å². The molecule has 0 unspecified atom stereocenters. The summed E-state index contributed by atoms with van der Waals surface area (Å²) < 4.78 is 6.07. The molecule has 0 aliphatic rings. The number of rotatable bonds is 7. The van der Waals surface area contributed by atoms with Crippen LogP contribution in [-0.4, -0.2) is 26.2 Å². The van der Waals surface area contributed by atoms with Gasteiger partial charge in [-0.2, -0.15) is 0 Å². The molecule has 1 N–H and O–H groups in total. The van der Waals surface area contributed by atoms with E-state index in [1.54, 1.807) is 7.11 Å². The molecular formula is C15H18BrNO2. The van der Waals surface area contributed by atoms with Crippen LogP contribution in [0.1, 0.15) is 12.0 Å². The lowest BCUT2D eigenvalue weighted by Crippen LogP contribution is -2.32. The summed E-state index contributed by atoms with van der Waals surface area (Å²) in [6, 6.07) is 7.96. The van der Waals surface area contributed by atoms with Crippen LogP contribution < -0.4 is 5.32 Å². The van der Waals surface area contributed by atoms with Crippen LogP contribution in [0.15, 0.2) is 28.7 Å². The number of carbonyl (C=O) groups is 1. The van der Waals surface area contributed by atoms with Crippen LogP contribution in [0, 0.1) is 18.3 Å². The average molecular weight is 324 g/mol. The first kappa shape index (κ1) is 15.7. The van der Waals surface area contributed by atoms with Crippen molar-refractivity contribution in [3.05, 3.63) is 34.3 Å². The zero-order valence-corrected chi connectivity index (χ0v) is 12.6. The van der Waals surface area contributed by atoms with Gasteiger partial charge in [0.25, 0.3) is 0 Å².